The van der Waals surface area contributed by atoms with Gasteiger partial charge in [0.25, 0.3) is 0 Å². The van der Waals surface area contributed by atoms with Crippen molar-refractivity contribution in [2.24, 2.45) is 5.92 Å². The highest BCUT2D eigenvalue weighted by atomic mass is 19.1. The molecule has 29 heavy (non-hydrogen) atoms. The summed E-state index contributed by atoms with van der Waals surface area (Å²) in [6.45, 7) is 7.36. The number of halogens is 1. The molecule has 1 aliphatic heterocycles. The number of hydrogen-bond donors (Lipinski definition) is 1. The number of anilines is 1. The van der Waals surface area contributed by atoms with Gasteiger partial charge in [0.05, 0.1) is 11.3 Å². The highest BCUT2D eigenvalue weighted by molar-refractivity contribution is 5.90. The van der Waals surface area contributed by atoms with Gasteiger partial charge in [0.2, 0.25) is 11.6 Å². The summed E-state index contributed by atoms with van der Waals surface area (Å²) in [7, 11) is 0. The van der Waals surface area contributed by atoms with Crippen LogP contribution in [0.5, 0.6) is 0 Å². The molecule has 0 unspecified atom stereocenters. The molecule has 0 radical (unpaired) electrons. The molecule has 1 aromatic carbocycles. The van der Waals surface area contributed by atoms with Crippen LogP contribution in [0.2, 0.25) is 0 Å². The molecule has 1 aliphatic rings. The van der Waals surface area contributed by atoms with Crippen LogP contribution in [-0.2, 0) is 11.3 Å². The fraction of sp³-hybridized carbons (Fsp3) is 0.409. The smallest absolute Gasteiger partial charge is 0.231 e. The molecule has 1 amide bonds. The lowest BCUT2D eigenvalue weighted by atomic mass is 9.96. The van der Waals surface area contributed by atoms with Gasteiger partial charge in [-0.05, 0) is 39.7 Å². The Hall–Kier alpha value is -2.96. The van der Waals surface area contributed by atoms with Crippen LogP contribution in [-0.4, -0.2) is 29.0 Å². The lowest BCUT2D eigenvalue weighted by molar-refractivity contribution is -0.125. The van der Waals surface area contributed by atoms with Crippen molar-refractivity contribution in [3.8, 4) is 0 Å². The summed E-state index contributed by atoms with van der Waals surface area (Å²) >= 11 is 0. The monoisotopic (exact) mass is 396 g/mol. The van der Waals surface area contributed by atoms with Crippen LogP contribution in [0.1, 0.15) is 35.6 Å². The average molecular weight is 396 g/mol. The number of aromatic nitrogens is 2. The molecule has 1 fully saturated rings. The molecule has 3 heterocycles. The van der Waals surface area contributed by atoms with Gasteiger partial charge in [-0.2, -0.15) is 4.98 Å². The van der Waals surface area contributed by atoms with Crippen LogP contribution in [0, 0.1) is 32.5 Å². The summed E-state index contributed by atoms with van der Waals surface area (Å²) in [5.74, 6) is 1.77. The van der Waals surface area contributed by atoms with E-state index in [2.05, 4.69) is 20.2 Å². The van der Waals surface area contributed by atoms with Crippen molar-refractivity contribution in [3.05, 3.63) is 52.8 Å². The maximum absolute atomic E-state index is 13.8. The van der Waals surface area contributed by atoms with Gasteiger partial charge in [-0.15, -0.1) is 0 Å². The molecule has 152 valence electrons. The number of rotatable bonds is 4. The van der Waals surface area contributed by atoms with E-state index in [4.69, 9.17) is 4.42 Å². The summed E-state index contributed by atoms with van der Waals surface area (Å²) in [5.41, 5.74) is 2.11. The number of carbonyl (C=O) groups excluding carboxylic acids is 1. The largest absolute Gasteiger partial charge is 0.443 e. The number of furan rings is 1. The van der Waals surface area contributed by atoms with E-state index in [1.165, 1.54) is 6.07 Å². The average Bonchev–Trinajstić information content (AvgIpc) is 3.00. The Labute approximate surface area is 169 Å². The van der Waals surface area contributed by atoms with Crippen molar-refractivity contribution in [2.75, 3.05) is 18.0 Å². The molecule has 2 aromatic heterocycles. The number of piperidine rings is 1. The second kappa shape index (κ2) is 7.81. The molecule has 0 bridgehead atoms. The van der Waals surface area contributed by atoms with Crippen LogP contribution >= 0.6 is 0 Å². The van der Waals surface area contributed by atoms with E-state index in [0.29, 0.717) is 23.6 Å². The summed E-state index contributed by atoms with van der Waals surface area (Å²) in [4.78, 5) is 24.0. The molecule has 0 aliphatic carbocycles. The zero-order chi connectivity index (χ0) is 20.5. The van der Waals surface area contributed by atoms with Gasteiger partial charge in [0.15, 0.2) is 0 Å². The Morgan fingerprint density at radius 1 is 1.28 bits per heavy atom. The van der Waals surface area contributed by atoms with Gasteiger partial charge in [-0.25, -0.2) is 9.37 Å². The molecule has 4 rings (SSSR count). The minimum absolute atomic E-state index is 0.0555. The molecule has 6 nitrogen and oxygen atoms in total. The van der Waals surface area contributed by atoms with Crippen molar-refractivity contribution in [1.82, 2.24) is 15.3 Å². The fourth-order valence-electron chi connectivity index (χ4n) is 3.91. The third kappa shape index (κ3) is 3.81. The number of fused-ring (bicyclic) bond motifs is 1. The molecular formula is C22H25FN4O2. The first-order valence-electron chi connectivity index (χ1n) is 9.94. The van der Waals surface area contributed by atoms with Crippen LogP contribution < -0.4 is 10.2 Å². The molecule has 3 aromatic rings. The normalized spacial score (nSPS) is 17.0. The summed E-state index contributed by atoms with van der Waals surface area (Å²) < 4.78 is 19.6. The Kier molecular flexibility index (Phi) is 5.22. The molecule has 1 atom stereocenters. The van der Waals surface area contributed by atoms with Crippen molar-refractivity contribution in [3.63, 3.8) is 0 Å². The van der Waals surface area contributed by atoms with Gasteiger partial charge in [-0.3, -0.25) is 4.79 Å². The molecule has 1 N–H and O–H groups in total. The third-order valence-electron chi connectivity index (χ3n) is 5.62. The van der Waals surface area contributed by atoms with E-state index in [1.54, 1.807) is 18.2 Å². The van der Waals surface area contributed by atoms with Crippen LogP contribution in [0.4, 0.5) is 10.2 Å². The minimum atomic E-state index is -0.303. The van der Waals surface area contributed by atoms with Crippen LogP contribution in [0.15, 0.2) is 28.7 Å². The number of hydrogen-bond acceptors (Lipinski definition) is 5. The van der Waals surface area contributed by atoms with E-state index < -0.39 is 0 Å². The van der Waals surface area contributed by atoms with Gasteiger partial charge in [0.1, 0.15) is 23.2 Å². The number of carbonyl (C=O) groups is 1. The molecule has 1 saturated heterocycles. The van der Waals surface area contributed by atoms with Gasteiger partial charge in [0, 0.05) is 30.8 Å². The Morgan fingerprint density at radius 2 is 2.07 bits per heavy atom. The number of benzene rings is 1. The maximum Gasteiger partial charge on any atom is 0.231 e. The van der Waals surface area contributed by atoms with Crippen LogP contribution in [0.3, 0.4) is 0 Å². The third-order valence-corrected chi connectivity index (χ3v) is 5.62. The number of nitrogens with one attached hydrogen (secondary N) is 1. The summed E-state index contributed by atoms with van der Waals surface area (Å²) in [6, 6.07) is 6.50. The van der Waals surface area contributed by atoms with Gasteiger partial charge < -0.3 is 14.6 Å². The summed E-state index contributed by atoms with van der Waals surface area (Å²) in [5, 5.41) is 3.81. The number of aryl methyl sites for hydroxylation is 3. The highest BCUT2D eigenvalue weighted by Crippen LogP contribution is 2.33. The lowest BCUT2D eigenvalue weighted by Crippen LogP contribution is -2.43. The number of amides is 1. The fourth-order valence-corrected chi connectivity index (χ4v) is 3.91. The Bertz CT molecular complexity index is 1060. The van der Waals surface area contributed by atoms with Crippen LogP contribution in [0.25, 0.3) is 11.1 Å². The van der Waals surface area contributed by atoms with E-state index in [9.17, 15) is 9.18 Å². The first-order chi connectivity index (χ1) is 13.9. The second-order valence-electron chi connectivity index (χ2n) is 7.65. The van der Waals surface area contributed by atoms with E-state index >= 15 is 0 Å². The SMILES string of the molecule is Cc1nc(N2CCC[C@@H](C(=O)NCc3ccccc3F)C2)c2c(C)c(C)oc2n1. The second-order valence-corrected chi connectivity index (χ2v) is 7.65. The molecule has 0 spiro atoms. The van der Waals surface area contributed by atoms with Crippen molar-refractivity contribution < 1.29 is 13.6 Å². The zero-order valence-corrected chi connectivity index (χ0v) is 17.0. The quantitative estimate of drug-likeness (QED) is 0.726. The summed E-state index contributed by atoms with van der Waals surface area (Å²) in [6.07, 6.45) is 1.69. The predicted octanol–water partition coefficient (Wildman–Crippen LogP) is 3.82. The van der Waals surface area contributed by atoms with Crippen molar-refractivity contribution in [1.29, 1.82) is 0 Å². The van der Waals surface area contributed by atoms with Gasteiger partial charge >= 0.3 is 0 Å². The van der Waals surface area contributed by atoms with E-state index in [0.717, 1.165) is 41.9 Å². The highest BCUT2D eigenvalue weighted by Gasteiger charge is 2.29. The lowest BCUT2D eigenvalue weighted by Gasteiger charge is -2.33. The number of nitrogens with zero attached hydrogens (tertiary/aromatic N) is 3. The van der Waals surface area contributed by atoms with Crippen molar-refractivity contribution >= 4 is 22.8 Å². The molecular weight excluding hydrogens is 371 g/mol. The maximum atomic E-state index is 13.8. The predicted molar refractivity (Wildman–Crippen MR) is 109 cm³/mol. The molecule has 0 saturated carbocycles. The molecule has 7 heteroatoms. The van der Waals surface area contributed by atoms with E-state index in [1.807, 2.05) is 20.8 Å². The van der Waals surface area contributed by atoms with E-state index in [-0.39, 0.29) is 24.2 Å². The standard InChI is InChI=1S/C22H25FN4O2/c1-13-14(2)29-22-19(13)20(25-15(3)26-22)27-10-6-8-17(12-27)21(28)24-11-16-7-4-5-9-18(16)23/h4-5,7,9,17H,6,8,10-12H2,1-3H3,(H,24,28)/t17-/m1/s1. The van der Waals surface area contributed by atoms with Gasteiger partial charge in [-0.1, -0.05) is 18.2 Å². The topological polar surface area (TPSA) is 71.3 Å². The first-order valence-corrected chi connectivity index (χ1v) is 9.94. The first kappa shape index (κ1) is 19.4. The zero-order valence-electron chi connectivity index (χ0n) is 17.0. The Balaban J connectivity index is 1.52. The Morgan fingerprint density at radius 3 is 2.86 bits per heavy atom. The minimum Gasteiger partial charge on any atom is -0.443 e. The van der Waals surface area contributed by atoms with Crippen molar-refractivity contribution in [2.45, 2.75) is 40.2 Å².